The summed E-state index contributed by atoms with van der Waals surface area (Å²) in [5, 5.41) is 0.820. The molecule has 1 rings (SSSR count). The van der Waals surface area contributed by atoms with Crippen molar-refractivity contribution in [2.75, 3.05) is 7.11 Å². The fourth-order valence-corrected chi connectivity index (χ4v) is 1.66. The zero-order valence-electron chi connectivity index (χ0n) is 6.40. The van der Waals surface area contributed by atoms with Crippen molar-refractivity contribution in [2.45, 2.75) is 5.33 Å². The summed E-state index contributed by atoms with van der Waals surface area (Å²) in [6, 6.07) is 2.62. The minimum atomic E-state index is -0.352. The van der Waals surface area contributed by atoms with E-state index >= 15 is 0 Å². The van der Waals surface area contributed by atoms with Gasteiger partial charge in [-0.3, -0.25) is 0 Å². The van der Waals surface area contributed by atoms with Gasteiger partial charge in [-0.25, -0.2) is 4.39 Å². The van der Waals surface area contributed by atoms with Crippen LogP contribution >= 0.6 is 27.5 Å². The molecule has 0 amide bonds. The van der Waals surface area contributed by atoms with Crippen LogP contribution in [0, 0.1) is 5.82 Å². The molecule has 1 nitrogen and oxygen atoms in total. The second kappa shape index (κ2) is 4.10. The van der Waals surface area contributed by atoms with Crippen LogP contribution in [-0.4, -0.2) is 7.11 Å². The highest BCUT2D eigenvalue weighted by atomic mass is 79.9. The average molecular weight is 253 g/mol. The van der Waals surface area contributed by atoms with Crippen molar-refractivity contribution in [1.82, 2.24) is 0 Å². The van der Waals surface area contributed by atoms with Crippen LogP contribution in [0.2, 0.25) is 5.02 Å². The van der Waals surface area contributed by atoms with Crippen molar-refractivity contribution >= 4 is 27.5 Å². The van der Waals surface area contributed by atoms with E-state index in [1.165, 1.54) is 19.2 Å². The first-order valence-electron chi connectivity index (χ1n) is 3.27. The van der Waals surface area contributed by atoms with E-state index in [0.717, 1.165) is 0 Å². The van der Waals surface area contributed by atoms with Crippen LogP contribution in [0.4, 0.5) is 4.39 Å². The fourth-order valence-electron chi connectivity index (χ4n) is 0.942. The number of hydrogen-bond donors (Lipinski definition) is 0. The third kappa shape index (κ3) is 1.90. The SMILES string of the molecule is COc1c(Cl)cc(F)cc1CBr. The monoisotopic (exact) mass is 252 g/mol. The predicted molar refractivity (Wildman–Crippen MR) is 50.6 cm³/mol. The lowest BCUT2D eigenvalue weighted by molar-refractivity contribution is 0.410. The summed E-state index contributed by atoms with van der Waals surface area (Å²) < 4.78 is 17.8. The van der Waals surface area contributed by atoms with Gasteiger partial charge in [0, 0.05) is 10.9 Å². The minimum absolute atomic E-state index is 0.298. The first kappa shape index (κ1) is 9.81. The van der Waals surface area contributed by atoms with Crippen molar-refractivity contribution in [3.63, 3.8) is 0 Å². The molecule has 0 aromatic heterocycles. The highest BCUT2D eigenvalue weighted by Crippen LogP contribution is 2.30. The molecule has 0 atom stereocenters. The smallest absolute Gasteiger partial charge is 0.141 e. The van der Waals surface area contributed by atoms with Crippen molar-refractivity contribution < 1.29 is 9.13 Å². The van der Waals surface area contributed by atoms with Crippen LogP contribution in [0.3, 0.4) is 0 Å². The molecule has 0 unspecified atom stereocenters. The van der Waals surface area contributed by atoms with Gasteiger partial charge in [0.15, 0.2) is 0 Å². The van der Waals surface area contributed by atoms with Crippen molar-refractivity contribution in [2.24, 2.45) is 0 Å². The quantitative estimate of drug-likeness (QED) is 0.734. The van der Waals surface area contributed by atoms with Gasteiger partial charge in [0.25, 0.3) is 0 Å². The topological polar surface area (TPSA) is 9.23 Å². The largest absolute Gasteiger partial charge is 0.495 e. The van der Waals surface area contributed by atoms with Gasteiger partial charge in [0.1, 0.15) is 11.6 Å². The molecular formula is C8H7BrClFO. The summed E-state index contributed by atoms with van der Waals surface area (Å²) >= 11 is 8.94. The van der Waals surface area contributed by atoms with Crippen LogP contribution in [0.25, 0.3) is 0 Å². The maximum Gasteiger partial charge on any atom is 0.141 e. The van der Waals surface area contributed by atoms with Gasteiger partial charge in [-0.2, -0.15) is 0 Å². The molecule has 12 heavy (non-hydrogen) atoms. The molecule has 0 aliphatic rings. The zero-order chi connectivity index (χ0) is 9.14. The number of alkyl halides is 1. The summed E-state index contributed by atoms with van der Waals surface area (Å²) in [6.45, 7) is 0. The van der Waals surface area contributed by atoms with Crippen LogP contribution in [0.5, 0.6) is 5.75 Å². The van der Waals surface area contributed by atoms with E-state index in [-0.39, 0.29) is 5.82 Å². The molecule has 66 valence electrons. The third-order valence-electron chi connectivity index (χ3n) is 1.43. The molecule has 4 heteroatoms. The Balaban J connectivity index is 3.24. The Kier molecular flexibility index (Phi) is 3.35. The van der Waals surface area contributed by atoms with Crippen molar-refractivity contribution in [3.05, 3.63) is 28.5 Å². The highest BCUT2D eigenvalue weighted by molar-refractivity contribution is 9.08. The fraction of sp³-hybridized carbons (Fsp3) is 0.250. The van der Waals surface area contributed by atoms with Crippen molar-refractivity contribution in [1.29, 1.82) is 0 Å². The highest BCUT2D eigenvalue weighted by Gasteiger charge is 2.08. The summed E-state index contributed by atoms with van der Waals surface area (Å²) in [7, 11) is 1.51. The standard InChI is InChI=1S/C8H7BrClFO/c1-12-8-5(4-9)2-6(11)3-7(8)10/h2-3H,4H2,1H3. The molecule has 1 aromatic carbocycles. The van der Waals surface area contributed by atoms with Crippen LogP contribution < -0.4 is 4.74 Å². The summed E-state index contributed by atoms with van der Waals surface area (Å²) in [5.74, 6) is 0.171. The molecule has 0 aliphatic heterocycles. The van der Waals surface area contributed by atoms with E-state index in [2.05, 4.69) is 15.9 Å². The molecule has 0 saturated heterocycles. The van der Waals surface area contributed by atoms with Crippen molar-refractivity contribution in [3.8, 4) is 5.75 Å². The Labute approximate surface area is 83.6 Å². The Morgan fingerprint density at radius 1 is 1.58 bits per heavy atom. The summed E-state index contributed by atoms with van der Waals surface area (Å²) in [5.41, 5.74) is 0.711. The van der Waals surface area contributed by atoms with Crippen LogP contribution in [0.15, 0.2) is 12.1 Å². The number of halogens is 3. The van der Waals surface area contributed by atoms with Gasteiger partial charge in [0.2, 0.25) is 0 Å². The lowest BCUT2D eigenvalue weighted by Gasteiger charge is -2.07. The molecule has 1 aromatic rings. The third-order valence-corrected chi connectivity index (χ3v) is 2.32. The van der Waals surface area contributed by atoms with Gasteiger partial charge < -0.3 is 4.74 Å². The maximum atomic E-state index is 12.8. The van der Waals surface area contributed by atoms with E-state index in [1.807, 2.05) is 0 Å². The molecule has 0 spiro atoms. The molecule has 0 heterocycles. The van der Waals surface area contributed by atoms with Crippen LogP contribution in [-0.2, 0) is 5.33 Å². The minimum Gasteiger partial charge on any atom is -0.495 e. The number of benzene rings is 1. The molecule has 0 aliphatic carbocycles. The zero-order valence-corrected chi connectivity index (χ0v) is 8.75. The van der Waals surface area contributed by atoms with Gasteiger partial charge in [-0.05, 0) is 12.1 Å². The number of methoxy groups -OCH3 is 1. The maximum absolute atomic E-state index is 12.8. The average Bonchev–Trinajstić information content (AvgIpc) is 2.03. The van der Waals surface area contributed by atoms with Crippen LogP contribution in [0.1, 0.15) is 5.56 Å². The summed E-state index contributed by atoms with van der Waals surface area (Å²) in [6.07, 6.45) is 0. The van der Waals surface area contributed by atoms with E-state index in [9.17, 15) is 4.39 Å². The van der Waals surface area contributed by atoms with Gasteiger partial charge in [0.05, 0.1) is 12.1 Å². The van der Waals surface area contributed by atoms with E-state index < -0.39 is 0 Å². The summed E-state index contributed by atoms with van der Waals surface area (Å²) in [4.78, 5) is 0. The molecular weight excluding hydrogens is 246 g/mol. The van der Waals surface area contributed by atoms with E-state index in [4.69, 9.17) is 16.3 Å². The molecule has 0 N–H and O–H groups in total. The Morgan fingerprint density at radius 3 is 2.75 bits per heavy atom. The van der Waals surface area contributed by atoms with E-state index in [1.54, 1.807) is 0 Å². The lowest BCUT2D eigenvalue weighted by atomic mass is 10.2. The normalized spacial score (nSPS) is 10.0. The second-order valence-electron chi connectivity index (χ2n) is 2.21. The second-order valence-corrected chi connectivity index (χ2v) is 3.18. The Morgan fingerprint density at radius 2 is 2.25 bits per heavy atom. The lowest BCUT2D eigenvalue weighted by Crippen LogP contribution is -1.91. The Bertz CT molecular complexity index is 291. The first-order valence-corrected chi connectivity index (χ1v) is 4.77. The van der Waals surface area contributed by atoms with Gasteiger partial charge in [-0.1, -0.05) is 27.5 Å². The first-order chi connectivity index (χ1) is 5.69. The van der Waals surface area contributed by atoms with Gasteiger partial charge >= 0.3 is 0 Å². The molecule has 0 fully saturated rings. The van der Waals surface area contributed by atoms with E-state index in [0.29, 0.717) is 21.7 Å². The number of hydrogen-bond acceptors (Lipinski definition) is 1. The molecule has 0 bridgehead atoms. The number of rotatable bonds is 2. The van der Waals surface area contributed by atoms with Gasteiger partial charge in [-0.15, -0.1) is 0 Å². The molecule has 0 radical (unpaired) electrons. The molecule has 0 saturated carbocycles. The number of ether oxygens (including phenoxy) is 1. The Hall–Kier alpha value is -0.280. The predicted octanol–water partition coefficient (Wildman–Crippen LogP) is 3.38.